The molecule has 1 aromatic heterocycles. The fourth-order valence-corrected chi connectivity index (χ4v) is 4.04. The second-order valence-corrected chi connectivity index (χ2v) is 8.14. The average molecular weight is 379 g/mol. The van der Waals surface area contributed by atoms with Crippen LogP contribution in [0.2, 0.25) is 5.02 Å². The van der Waals surface area contributed by atoms with Gasteiger partial charge in [0.15, 0.2) is 0 Å². The van der Waals surface area contributed by atoms with Crippen LogP contribution in [0.25, 0.3) is 11.3 Å². The molecule has 1 amide bonds. The maximum Gasteiger partial charge on any atom is 0.310 e. The van der Waals surface area contributed by atoms with Crippen molar-refractivity contribution in [2.24, 2.45) is 5.41 Å². The summed E-state index contributed by atoms with van der Waals surface area (Å²) >= 11 is 7.44. The van der Waals surface area contributed by atoms with Crippen molar-refractivity contribution in [3.8, 4) is 11.3 Å². The summed E-state index contributed by atoms with van der Waals surface area (Å²) in [6, 6.07) is 7.47. The number of nitrogens with one attached hydrogen (secondary N) is 1. The summed E-state index contributed by atoms with van der Waals surface area (Å²) in [5.74, 6) is -1.10. The number of carbonyl (C=O) groups is 2. The SMILES string of the molecule is Cc1sc(CNC(=O)CC2(C(=O)O)CCC2)nc1-c1ccc(Cl)cc1. The largest absolute Gasteiger partial charge is 0.481 e. The molecule has 2 N–H and O–H groups in total. The maximum atomic E-state index is 12.1. The number of amides is 1. The molecule has 1 saturated carbocycles. The monoisotopic (exact) mass is 378 g/mol. The van der Waals surface area contributed by atoms with Crippen molar-refractivity contribution in [1.29, 1.82) is 0 Å². The lowest BCUT2D eigenvalue weighted by Crippen LogP contribution is -2.42. The van der Waals surface area contributed by atoms with Crippen LogP contribution in [0, 0.1) is 12.3 Å². The van der Waals surface area contributed by atoms with Crippen LogP contribution in [0.3, 0.4) is 0 Å². The summed E-state index contributed by atoms with van der Waals surface area (Å²) in [4.78, 5) is 29.1. The van der Waals surface area contributed by atoms with Crippen molar-refractivity contribution >= 4 is 34.8 Å². The number of rotatable bonds is 6. The van der Waals surface area contributed by atoms with Gasteiger partial charge in [0.25, 0.3) is 0 Å². The van der Waals surface area contributed by atoms with E-state index in [1.165, 1.54) is 11.3 Å². The highest BCUT2D eigenvalue weighted by Crippen LogP contribution is 2.44. The lowest BCUT2D eigenvalue weighted by molar-refractivity contribution is -0.157. The Morgan fingerprint density at radius 2 is 2.00 bits per heavy atom. The van der Waals surface area contributed by atoms with Gasteiger partial charge in [-0.05, 0) is 31.9 Å². The molecule has 25 heavy (non-hydrogen) atoms. The lowest BCUT2D eigenvalue weighted by Gasteiger charge is -2.36. The summed E-state index contributed by atoms with van der Waals surface area (Å²) in [5.41, 5.74) is 0.999. The van der Waals surface area contributed by atoms with Crippen LogP contribution >= 0.6 is 22.9 Å². The second kappa shape index (κ2) is 7.14. The first-order valence-electron chi connectivity index (χ1n) is 8.12. The molecule has 0 atom stereocenters. The molecule has 1 heterocycles. The van der Waals surface area contributed by atoms with Gasteiger partial charge in [-0.15, -0.1) is 11.3 Å². The molecule has 1 aromatic carbocycles. The summed E-state index contributed by atoms with van der Waals surface area (Å²) in [6.45, 7) is 2.30. The third-order valence-electron chi connectivity index (χ3n) is 4.66. The molecular formula is C18H19ClN2O3S. The van der Waals surface area contributed by atoms with Crippen LogP contribution < -0.4 is 5.32 Å². The van der Waals surface area contributed by atoms with Crippen LogP contribution in [0.5, 0.6) is 0 Å². The van der Waals surface area contributed by atoms with E-state index >= 15 is 0 Å². The van der Waals surface area contributed by atoms with E-state index in [1.807, 2.05) is 31.2 Å². The van der Waals surface area contributed by atoms with Crippen molar-refractivity contribution in [2.45, 2.75) is 39.2 Å². The first-order chi connectivity index (χ1) is 11.9. The van der Waals surface area contributed by atoms with Gasteiger partial charge in [-0.1, -0.05) is 30.2 Å². The number of aromatic nitrogens is 1. The van der Waals surface area contributed by atoms with Crippen molar-refractivity contribution in [1.82, 2.24) is 10.3 Å². The van der Waals surface area contributed by atoms with Gasteiger partial charge in [-0.2, -0.15) is 0 Å². The molecule has 0 radical (unpaired) electrons. The lowest BCUT2D eigenvalue weighted by atomic mass is 9.66. The normalized spacial score (nSPS) is 15.4. The number of carboxylic acid groups (broad SMARTS) is 1. The third kappa shape index (κ3) is 3.85. The number of carbonyl (C=O) groups excluding carboxylic acids is 1. The van der Waals surface area contributed by atoms with E-state index in [1.54, 1.807) is 0 Å². The zero-order chi connectivity index (χ0) is 18.0. The highest BCUT2D eigenvalue weighted by Gasteiger charge is 2.45. The van der Waals surface area contributed by atoms with E-state index in [2.05, 4.69) is 10.3 Å². The van der Waals surface area contributed by atoms with Gasteiger partial charge >= 0.3 is 5.97 Å². The van der Waals surface area contributed by atoms with Gasteiger partial charge in [0.1, 0.15) is 5.01 Å². The Balaban J connectivity index is 1.62. The topological polar surface area (TPSA) is 79.3 Å². The Morgan fingerprint density at radius 3 is 2.56 bits per heavy atom. The molecule has 3 rings (SSSR count). The first kappa shape index (κ1) is 17.9. The number of hydrogen-bond donors (Lipinski definition) is 2. The summed E-state index contributed by atoms with van der Waals surface area (Å²) in [5, 5.41) is 13.6. The van der Waals surface area contributed by atoms with E-state index in [9.17, 15) is 14.7 Å². The minimum atomic E-state index is -0.871. The van der Waals surface area contributed by atoms with Gasteiger partial charge in [0, 0.05) is 21.9 Å². The molecule has 0 saturated heterocycles. The number of aryl methyl sites for hydroxylation is 1. The van der Waals surface area contributed by atoms with Crippen LogP contribution in [-0.4, -0.2) is 22.0 Å². The molecule has 0 bridgehead atoms. The van der Waals surface area contributed by atoms with E-state index in [-0.39, 0.29) is 12.3 Å². The molecular weight excluding hydrogens is 360 g/mol. The van der Waals surface area contributed by atoms with Gasteiger partial charge in [-0.25, -0.2) is 4.98 Å². The van der Waals surface area contributed by atoms with E-state index < -0.39 is 11.4 Å². The van der Waals surface area contributed by atoms with Crippen molar-refractivity contribution in [3.05, 3.63) is 39.2 Å². The Bertz CT molecular complexity index is 797. The molecule has 7 heteroatoms. The second-order valence-electron chi connectivity index (χ2n) is 6.41. The predicted octanol–water partition coefficient (Wildman–Crippen LogP) is 4.03. The van der Waals surface area contributed by atoms with Crippen molar-refractivity contribution in [2.75, 3.05) is 0 Å². The number of aliphatic carboxylic acids is 1. The summed E-state index contributed by atoms with van der Waals surface area (Å²) in [7, 11) is 0. The first-order valence-corrected chi connectivity index (χ1v) is 9.31. The number of benzene rings is 1. The Morgan fingerprint density at radius 1 is 1.32 bits per heavy atom. The minimum Gasteiger partial charge on any atom is -0.481 e. The number of hydrogen-bond acceptors (Lipinski definition) is 4. The molecule has 132 valence electrons. The van der Waals surface area contributed by atoms with Crippen LogP contribution in [0.4, 0.5) is 0 Å². The molecule has 1 aliphatic carbocycles. The Hall–Kier alpha value is -1.92. The van der Waals surface area contributed by atoms with E-state index in [4.69, 9.17) is 11.6 Å². The van der Waals surface area contributed by atoms with Gasteiger partial charge in [-0.3, -0.25) is 9.59 Å². The third-order valence-corrected chi connectivity index (χ3v) is 5.88. The fraction of sp³-hybridized carbons (Fsp3) is 0.389. The van der Waals surface area contributed by atoms with Gasteiger partial charge < -0.3 is 10.4 Å². The highest BCUT2D eigenvalue weighted by atomic mass is 35.5. The van der Waals surface area contributed by atoms with E-state index in [0.29, 0.717) is 24.4 Å². The number of halogens is 1. The average Bonchev–Trinajstić information content (AvgIpc) is 2.90. The van der Waals surface area contributed by atoms with Crippen LogP contribution in [0.15, 0.2) is 24.3 Å². The molecule has 1 fully saturated rings. The van der Waals surface area contributed by atoms with Gasteiger partial charge in [0.05, 0.1) is 17.7 Å². The van der Waals surface area contributed by atoms with E-state index in [0.717, 1.165) is 27.6 Å². The zero-order valence-corrected chi connectivity index (χ0v) is 15.4. The number of carboxylic acids is 1. The quantitative estimate of drug-likeness (QED) is 0.795. The van der Waals surface area contributed by atoms with Crippen LogP contribution in [-0.2, 0) is 16.1 Å². The number of nitrogens with zero attached hydrogens (tertiary/aromatic N) is 1. The van der Waals surface area contributed by atoms with Gasteiger partial charge in [0.2, 0.25) is 5.91 Å². The van der Waals surface area contributed by atoms with Crippen molar-refractivity contribution < 1.29 is 14.7 Å². The number of thiazole rings is 1. The molecule has 1 aliphatic rings. The molecule has 0 unspecified atom stereocenters. The minimum absolute atomic E-state index is 0.0384. The highest BCUT2D eigenvalue weighted by molar-refractivity contribution is 7.12. The molecule has 2 aromatic rings. The zero-order valence-electron chi connectivity index (χ0n) is 13.8. The molecule has 0 spiro atoms. The molecule has 0 aliphatic heterocycles. The summed E-state index contributed by atoms with van der Waals surface area (Å²) < 4.78 is 0. The fourth-order valence-electron chi connectivity index (χ4n) is 3.02. The maximum absolute atomic E-state index is 12.1. The van der Waals surface area contributed by atoms with Crippen LogP contribution in [0.1, 0.15) is 35.6 Å². The molecule has 5 nitrogen and oxygen atoms in total. The Kier molecular flexibility index (Phi) is 5.11. The Labute approximate surface area is 155 Å². The standard InChI is InChI=1S/C18H19ClN2O3S/c1-11-16(12-3-5-13(19)6-4-12)21-15(25-11)10-20-14(22)9-18(17(23)24)7-2-8-18/h3-6H,2,7-10H2,1H3,(H,20,22)(H,23,24). The summed E-state index contributed by atoms with van der Waals surface area (Å²) in [6.07, 6.45) is 2.06. The predicted molar refractivity (Wildman–Crippen MR) is 97.7 cm³/mol. The smallest absolute Gasteiger partial charge is 0.310 e. The van der Waals surface area contributed by atoms with Crippen molar-refractivity contribution in [3.63, 3.8) is 0 Å².